The molecular formula is C13H21N3O2S. The Morgan fingerprint density at radius 2 is 1.68 bits per heavy atom. The van der Waals surface area contributed by atoms with Crippen molar-refractivity contribution in [1.82, 2.24) is 4.90 Å². The monoisotopic (exact) mass is 283 g/mol. The summed E-state index contributed by atoms with van der Waals surface area (Å²) in [4.78, 5) is 4.62. The first kappa shape index (κ1) is 14.1. The highest BCUT2D eigenvalue weighted by Crippen LogP contribution is 2.19. The third-order valence-electron chi connectivity index (χ3n) is 3.39. The van der Waals surface area contributed by atoms with E-state index in [-0.39, 0.29) is 5.75 Å². The lowest BCUT2D eigenvalue weighted by atomic mass is 10.2. The Labute approximate surface area is 115 Å². The van der Waals surface area contributed by atoms with Gasteiger partial charge in [0.05, 0.1) is 5.75 Å². The first-order valence-electron chi connectivity index (χ1n) is 6.54. The van der Waals surface area contributed by atoms with Crippen molar-refractivity contribution in [1.29, 1.82) is 0 Å². The molecule has 5 nitrogen and oxygen atoms in total. The summed E-state index contributed by atoms with van der Waals surface area (Å²) < 4.78 is 25.5. The molecule has 1 saturated heterocycles. The van der Waals surface area contributed by atoms with E-state index in [0.717, 1.165) is 31.9 Å². The molecule has 0 aliphatic carbocycles. The fourth-order valence-corrected chi connectivity index (χ4v) is 2.70. The van der Waals surface area contributed by atoms with Crippen molar-refractivity contribution in [3.8, 4) is 0 Å². The Hall–Kier alpha value is -1.27. The predicted octanol–water partition coefficient (Wildman–Crippen LogP) is 1.20. The number of rotatable bonds is 4. The van der Waals surface area contributed by atoms with Crippen LogP contribution < -0.4 is 9.62 Å². The Kier molecular flexibility index (Phi) is 4.31. The molecule has 0 spiro atoms. The zero-order chi connectivity index (χ0) is 13.9. The van der Waals surface area contributed by atoms with Crippen LogP contribution in [0.5, 0.6) is 0 Å². The van der Waals surface area contributed by atoms with E-state index in [1.54, 1.807) is 6.92 Å². The molecule has 1 aromatic carbocycles. The highest BCUT2D eigenvalue weighted by molar-refractivity contribution is 7.92. The van der Waals surface area contributed by atoms with Crippen LogP contribution in [0.15, 0.2) is 24.3 Å². The lowest BCUT2D eigenvalue weighted by Crippen LogP contribution is -2.44. The molecule has 2 rings (SSSR count). The van der Waals surface area contributed by atoms with Gasteiger partial charge >= 0.3 is 0 Å². The molecule has 0 radical (unpaired) electrons. The lowest BCUT2D eigenvalue weighted by Gasteiger charge is -2.34. The molecule has 106 valence electrons. The highest BCUT2D eigenvalue weighted by Gasteiger charge is 2.14. The van der Waals surface area contributed by atoms with Gasteiger partial charge in [-0.25, -0.2) is 8.42 Å². The van der Waals surface area contributed by atoms with E-state index in [0.29, 0.717) is 5.69 Å². The molecule has 0 bridgehead atoms. The van der Waals surface area contributed by atoms with Crippen LogP contribution in [0.1, 0.15) is 6.92 Å². The second-order valence-corrected chi connectivity index (χ2v) is 6.85. The molecule has 19 heavy (non-hydrogen) atoms. The summed E-state index contributed by atoms with van der Waals surface area (Å²) in [6, 6.07) is 7.58. The van der Waals surface area contributed by atoms with Crippen LogP contribution >= 0.6 is 0 Å². The summed E-state index contributed by atoms with van der Waals surface area (Å²) in [7, 11) is -1.06. The minimum Gasteiger partial charge on any atom is -0.369 e. The number of anilines is 2. The van der Waals surface area contributed by atoms with Gasteiger partial charge in [0.2, 0.25) is 10.0 Å². The van der Waals surface area contributed by atoms with Crippen LogP contribution in [-0.4, -0.2) is 52.3 Å². The summed E-state index contributed by atoms with van der Waals surface area (Å²) in [5, 5.41) is 0. The van der Waals surface area contributed by atoms with Crippen molar-refractivity contribution in [2.75, 3.05) is 48.6 Å². The average Bonchev–Trinajstić information content (AvgIpc) is 2.40. The van der Waals surface area contributed by atoms with Crippen molar-refractivity contribution in [3.63, 3.8) is 0 Å². The quantitative estimate of drug-likeness (QED) is 0.902. The summed E-state index contributed by atoms with van der Waals surface area (Å²) in [5.41, 5.74) is 1.77. The first-order chi connectivity index (χ1) is 9.00. The van der Waals surface area contributed by atoms with E-state index >= 15 is 0 Å². The van der Waals surface area contributed by atoms with Crippen LogP contribution in [0.4, 0.5) is 11.4 Å². The van der Waals surface area contributed by atoms with Gasteiger partial charge in [-0.3, -0.25) is 4.72 Å². The number of piperazine rings is 1. The summed E-state index contributed by atoms with van der Waals surface area (Å²) in [6.45, 7) is 5.77. The van der Waals surface area contributed by atoms with E-state index in [1.165, 1.54) is 0 Å². The van der Waals surface area contributed by atoms with E-state index in [4.69, 9.17) is 0 Å². The van der Waals surface area contributed by atoms with Gasteiger partial charge in [-0.2, -0.15) is 0 Å². The maximum Gasteiger partial charge on any atom is 0.232 e. The lowest BCUT2D eigenvalue weighted by molar-refractivity contribution is 0.313. The van der Waals surface area contributed by atoms with Crippen molar-refractivity contribution in [2.24, 2.45) is 0 Å². The number of likely N-dealkylation sites (N-methyl/N-ethyl adjacent to an activating group) is 1. The first-order valence-corrected chi connectivity index (χ1v) is 8.19. The molecule has 0 unspecified atom stereocenters. The maximum absolute atomic E-state index is 11.5. The molecule has 6 heteroatoms. The van der Waals surface area contributed by atoms with Gasteiger partial charge in [0.25, 0.3) is 0 Å². The SMILES string of the molecule is CCS(=O)(=O)Nc1ccc(N2CCN(C)CC2)cc1. The molecule has 0 saturated carbocycles. The summed E-state index contributed by atoms with van der Waals surface area (Å²) >= 11 is 0. The zero-order valence-electron chi connectivity index (χ0n) is 11.5. The smallest absolute Gasteiger partial charge is 0.232 e. The van der Waals surface area contributed by atoms with Gasteiger partial charge in [-0.15, -0.1) is 0 Å². The number of hydrogen-bond donors (Lipinski definition) is 1. The minimum atomic E-state index is -3.19. The van der Waals surface area contributed by atoms with Crippen LogP contribution in [0.3, 0.4) is 0 Å². The Bertz CT molecular complexity index is 505. The number of nitrogens with one attached hydrogen (secondary N) is 1. The van der Waals surface area contributed by atoms with Crippen molar-refractivity contribution < 1.29 is 8.42 Å². The average molecular weight is 283 g/mol. The van der Waals surface area contributed by atoms with Crippen LogP contribution in [0.25, 0.3) is 0 Å². The molecule has 0 atom stereocenters. The normalized spacial score (nSPS) is 17.5. The third kappa shape index (κ3) is 3.84. The molecule has 1 N–H and O–H groups in total. The second-order valence-electron chi connectivity index (χ2n) is 4.84. The Morgan fingerprint density at radius 3 is 2.21 bits per heavy atom. The largest absolute Gasteiger partial charge is 0.369 e. The molecule has 0 amide bonds. The number of nitrogens with zero attached hydrogens (tertiary/aromatic N) is 2. The van der Waals surface area contributed by atoms with Gasteiger partial charge in [-0.05, 0) is 38.2 Å². The van der Waals surface area contributed by atoms with Crippen LogP contribution in [-0.2, 0) is 10.0 Å². The number of hydrogen-bond acceptors (Lipinski definition) is 4. The number of benzene rings is 1. The molecule has 1 aromatic rings. The zero-order valence-corrected chi connectivity index (χ0v) is 12.3. The summed E-state index contributed by atoms with van der Waals surface area (Å²) in [6.07, 6.45) is 0. The van der Waals surface area contributed by atoms with E-state index in [2.05, 4.69) is 21.6 Å². The predicted molar refractivity (Wildman–Crippen MR) is 79.2 cm³/mol. The van der Waals surface area contributed by atoms with Gasteiger partial charge in [0.1, 0.15) is 0 Å². The van der Waals surface area contributed by atoms with E-state index in [9.17, 15) is 8.42 Å². The Morgan fingerprint density at radius 1 is 1.11 bits per heavy atom. The van der Waals surface area contributed by atoms with Crippen LogP contribution in [0, 0.1) is 0 Å². The van der Waals surface area contributed by atoms with E-state index in [1.807, 2.05) is 24.3 Å². The van der Waals surface area contributed by atoms with Crippen molar-refractivity contribution >= 4 is 21.4 Å². The molecular weight excluding hydrogens is 262 g/mol. The molecule has 1 aliphatic rings. The minimum absolute atomic E-state index is 0.0905. The standard InChI is InChI=1S/C13H21N3O2S/c1-3-19(17,18)14-12-4-6-13(7-5-12)16-10-8-15(2)9-11-16/h4-7,14H,3,8-11H2,1-2H3. The second kappa shape index (κ2) is 5.79. The van der Waals surface area contributed by atoms with Gasteiger partial charge < -0.3 is 9.80 Å². The molecule has 0 aromatic heterocycles. The van der Waals surface area contributed by atoms with Crippen LogP contribution in [0.2, 0.25) is 0 Å². The topological polar surface area (TPSA) is 52.7 Å². The van der Waals surface area contributed by atoms with Crippen molar-refractivity contribution in [2.45, 2.75) is 6.92 Å². The van der Waals surface area contributed by atoms with Gasteiger partial charge in [-0.1, -0.05) is 0 Å². The molecule has 1 fully saturated rings. The third-order valence-corrected chi connectivity index (χ3v) is 4.70. The fraction of sp³-hybridized carbons (Fsp3) is 0.538. The fourth-order valence-electron chi connectivity index (χ4n) is 2.06. The Balaban J connectivity index is 2.02. The summed E-state index contributed by atoms with van der Waals surface area (Å²) in [5.74, 6) is 0.0905. The van der Waals surface area contributed by atoms with Gasteiger partial charge in [0.15, 0.2) is 0 Å². The molecule has 1 aliphatic heterocycles. The number of sulfonamides is 1. The molecule has 1 heterocycles. The highest BCUT2D eigenvalue weighted by atomic mass is 32.2. The van der Waals surface area contributed by atoms with E-state index < -0.39 is 10.0 Å². The van der Waals surface area contributed by atoms with Crippen molar-refractivity contribution in [3.05, 3.63) is 24.3 Å². The maximum atomic E-state index is 11.5. The van der Waals surface area contributed by atoms with Gasteiger partial charge in [0, 0.05) is 37.6 Å².